The minimum atomic E-state index is -4.40. The first-order valence-corrected chi connectivity index (χ1v) is 10.4. The summed E-state index contributed by atoms with van der Waals surface area (Å²) in [5.41, 5.74) is 3.99. The molecule has 1 N–H and O–H groups in total. The molecule has 2 aromatic carbocycles. The van der Waals surface area contributed by atoms with Crippen molar-refractivity contribution < 1.29 is 13.2 Å². The summed E-state index contributed by atoms with van der Waals surface area (Å²) in [6.07, 6.45) is -0.865. The number of nitrogens with one attached hydrogen (secondary N) is 1. The monoisotopic (exact) mass is 438 g/mol. The lowest BCUT2D eigenvalue weighted by Gasteiger charge is -2.09. The van der Waals surface area contributed by atoms with E-state index in [1.165, 1.54) is 33.3 Å². The minimum Gasteiger partial charge on any atom is -0.347 e. The van der Waals surface area contributed by atoms with Crippen molar-refractivity contribution in [1.29, 1.82) is 0 Å². The van der Waals surface area contributed by atoms with Crippen LogP contribution < -0.4 is 11.0 Å². The van der Waals surface area contributed by atoms with Gasteiger partial charge in [-0.25, -0.2) is 4.79 Å². The van der Waals surface area contributed by atoms with E-state index < -0.39 is 17.4 Å². The lowest BCUT2D eigenvalue weighted by Crippen LogP contribution is -2.21. The maximum absolute atomic E-state index is 12.8. The van der Waals surface area contributed by atoms with Gasteiger partial charge in [0.05, 0.1) is 22.5 Å². The molecule has 0 saturated heterocycles. The lowest BCUT2D eigenvalue weighted by atomic mass is 10.1. The number of aryl methyl sites for hydroxylation is 1. The number of hydrogen-bond acceptors (Lipinski definition) is 3. The molecule has 0 spiro atoms. The molecule has 164 valence electrons. The number of rotatable bonds is 2. The Labute approximate surface area is 182 Å². The highest BCUT2D eigenvalue weighted by molar-refractivity contribution is 5.87. The summed E-state index contributed by atoms with van der Waals surface area (Å²) in [7, 11) is 2.05. The second kappa shape index (κ2) is 7.63. The summed E-state index contributed by atoms with van der Waals surface area (Å²) >= 11 is 0. The molecule has 0 amide bonds. The number of halogens is 3. The van der Waals surface area contributed by atoms with Crippen LogP contribution in [0.25, 0.3) is 27.8 Å². The molecule has 3 heterocycles. The normalized spacial score (nSPS) is 14.4. The van der Waals surface area contributed by atoms with E-state index in [0.29, 0.717) is 16.9 Å². The highest BCUT2D eigenvalue weighted by atomic mass is 19.4. The fraction of sp³-hybridized carbons (Fsp3) is 0.250. The predicted octanol–water partition coefficient (Wildman–Crippen LogP) is 4.10. The zero-order valence-corrected chi connectivity index (χ0v) is 17.4. The molecule has 32 heavy (non-hydrogen) atoms. The van der Waals surface area contributed by atoms with Crippen molar-refractivity contribution in [1.82, 2.24) is 19.4 Å². The molecule has 8 heteroatoms. The molecule has 0 atom stereocenters. The van der Waals surface area contributed by atoms with Crippen molar-refractivity contribution in [2.45, 2.75) is 19.0 Å². The molecule has 1 aliphatic heterocycles. The van der Waals surface area contributed by atoms with Gasteiger partial charge in [-0.3, -0.25) is 4.57 Å². The van der Waals surface area contributed by atoms with Gasteiger partial charge in [0.25, 0.3) is 0 Å². The molecule has 0 unspecified atom stereocenters. The molecule has 0 radical (unpaired) electrons. The maximum atomic E-state index is 12.8. The van der Waals surface area contributed by atoms with Crippen LogP contribution in [0.5, 0.6) is 0 Å². The predicted molar refractivity (Wildman–Crippen MR) is 117 cm³/mol. The van der Waals surface area contributed by atoms with Crippen LogP contribution in [-0.4, -0.2) is 27.2 Å². The van der Waals surface area contributed by atoms with Gasteiger partial charge in [0, 0.05) is 42.9 Å². The van der Waals surface area contributed by atoms with Gasteiger partial charge in [0.15, 0.2) is 0 Å². The van der Waals surface area contributed by atoms with Gasteiger partial charge in [-0.05, 0) is 48.9 Å². The Morgan fingerprint density at radius 2 is 1.75 bits per heavy atom. The van der Waals surface area contributed by atoms with Gasteiger partial charge < -0.3 is 9.88 Å². The maximum Gasteiger partial charge on any atom is 0.416 e. The van der Waals surface area contributed by atoms with Crippen molar-refractivity contribution in [3.05, 3.63) is 82.0 Å². The summed E-state index contributed by atoms with van der Waals surface area (Å²) in [5.74, 6) is 0. The van der Waals surface area contributed by atoms with Crippen LogP contribution in [0.15, 0.2) is 59.5 Å². The third-order valence-corrected chi connectivity index (χ3v) is 6.10. The fourth-order valence-corrected chi connectivity index (χ4v) is 4.44. The minimum absolute atomic E-state index is 0.333. The number of hydrogen-bond donors (Lipinski definition) is 1. The van der Waals surface area contributed by atoms with Crippen molar-refractivity contribution in [3.63, 3.8) is 0 Å². The zero-order chi connectivity index (χ0) is 22.5. The average molecular weight is 438 g/mol. The van der Waals surface area contributed by atoms with Crippen LogP contribution in [0.2, 0.25) is 0 Å². The van der Waals surface area contributed by atoms with Gasteiger partial charge in [-0.1, -0.05) is 18.2 Å². The van der Waals surface area contributed by atoms with E-state index in [4.69, 9.17) is 0 Å². The number of fused-ring (bicyclic) bond motifs is 3. The average Bonchev–Trinajstić information content (AvgIpc) is 2.93. The third kappa shape index (κ3) is 3.50. The number of alkyl halides is 3. The Balaban J connectivity index is 1.52. The Morgan fingerprint density at radius 3 is 2.47 bits per heavy atom. The van der Waals surface area contributed by atoms with E-state index in [0.717, 1.165) is 43.6 Å². The standard InChI is InChI=1S/C24H21F3N4O/c1-30-21-9-12-28-11-8-19(21)18-7-6-17(14-22(18)30)31-13-10-20(29-23(31)32)15-2-4-16(5-3-15)24(25,26)27/h2-7,10,13-14,28H,8-9,11-12H2,1H3. The molecule has 1 aliphatic rings. The van der Waals surface area contributed by atoms with Crippen LogP contribution in [0.3, 0.4) is 0 Å². The van der Waals surface area contributed by atoms with Crippen molar-refractivity contribution in [2.24, 2.45) is 7.05 Å². The highest BCUT2D eigenvalue weighted by Crippen LogP contribution is 2.31. The van der Waals surface area contributed by atoms with E-state index in [1.54, 1.807) is 12.3 Å². The van der Waals surface area contributed by atoms with Crippen molar-refractivity contribution >= 4 is 10.9 Å². The summed E-state index contributed by atoms with van der Waals surface area (Å²) in [5, 5.41) is 4.62. The molecule has 5 rings (SSSR count). The van der Waals surface area contributed by atoms with Gasteiger partial charge >= 0.3 is 11.9 Å². The summed E-state index contributed by atoms with van der Waals surface area (Å²) < 4.78 is 42.0. The van der Waals surface area contributed by atoms with Crippen molar-refractivity contribution in [2.75, 3.05) is 13.1 Å². The smallest absolute Gasteiger partial charge is 0.347 e. The number of aromatic nitrogens is 3. The van der Waals surface area contributed by atoms with Crippen LogP contribution in [0, 0.1) is 0 Å². The van der Waals surface area contributed by atoms with Crippen LogP contribution in [0.4, 0.5) is 13.2 Å². The van der Waals surface area contributed by atoms with E-state index in [2.05, 4.69) is 14.9 Å². The molecule has 5 nitrogen and oxygen atoms in total. The molecule has 2 aromatic heterocycles. The van der Waals surface area contributed by atoms with E-state index in [-0.39, 0.29) is 0 Å². The lowest BCUT2D eigenvalue weighted by molar-refractivity contribution is -0.137. The first kappa shape index (κ1) is 20.5. The second-order valence-electron chi connectivity index (χ2n) is 7.98. The largest absolute Gasteiger partial charge is 0.416 e. The highest BCUT2D eigenvalue weighted by Gasteiger charge is 2.30. The summed E-state index contributed by atoms with van der Waals surface area (Å²) in [6.45, 7) is 1.89. The van der Waals surface area contributed by atoms with E-state index >= 15 is 0 Å². The molecular formula is C24H21F3N4O. The van der Waals surface area contributed by atoms with Gasteiger partial charge in [0.2, 0.25) is 0 Å². The van der Waals surface area contributed by atoms with E-state index in [1.807, 2.05) is 25.2 Å². The summed E-state index contributed by atoms with van der Waals surface area (Å²) in [6, 6.07) is 12.2. The first-order valence-electron chi connectivity index (χ1n) is 10.4. The summed E-state index contributed by atoms with van der Waals surface area (Å²) in [4.78, 5) is 16.9. The zero-order valence-electron chi connectivity index (χ0n) is 17.4. The van der Waals surface area contributed by atoms with Crippen LogP contribution in [0.1, 0.15) is 16.8 Å². The molecule has 0 bridgehead atoms. The van der Waals surface area contributed by atoms with Gasteiger partial charge in [0.1, 0.15) is 0 Å². The Bertz CT molecular complexity index is 1370. The molecule has 4 aromatic rings. The Kier molecular flexibility index (Phi) is 4.89. The van der Waals surface area contributed by atoms with Gasteiger partial charge in [-0.2, -0.15) is 18.2 Å². The van der Waals surface area contributed by atoms with Crippen molar-refractivity contribution in [3.8, 4) is 16.9 Å². The van der Waals surface area contributed by atoms with Crippen LogP contribution >= 0.6 is 0 Å². The SMILES string of the molecule is Cn1c2c(c3ccc(-n4ccc(-c5ccc(C(F)(F)F)cc5)nc4=O)cc31)CCNCC2. The molecular weight excluding hydrogens is 417 g/mol. The Morgan fingerprint density at radius 1 is 1.00 bits per heavy atom. The van der Waals surface area contributed by atoms with Gasteiger partial charge in [-0.15, -0.1) is 0 Å². The van der Waals surface area contributed by atoms with E-state index in [9.17, 15) is 18.0 Å². The molecule has 0 saturated carbocycles. The topological polar surface area (TPSA) is 51.9 Å². The number of nitrogens with zero attached hydrogens (tertiary/aromatic N) is 3. The molecule has 0 fully saturated rings. The Hall–Kier alpha value is -3.39. The quantitative estimate of drug-likeness (QED) is 0.513. The van der Waals surface area contributed by atoms with Crippen LogP contribution in [-0.2, 0) is 26.1 Å². The molecule has 0 aliphatic carbocycles. The third-order valence-electron chi connectivity index (χ3n) is 6.10. The number of benzene rings is 2. The second-order valence-corrected chi connectivity index (χ2v) is 7.98. The fourth-order valence-electron chi connectivity index (χ4n) is 4.44. The first-order chi connectivity index (χ1) is 15.3.